The average Bonchev–Trinajstić information content (AvgIpc) is 2.52. The maximum absolute atomic E-state index is 6.10. The third-order valence-electron chi connectivity index (χ3n) is 3.64. The minimum absolute atomic E-state index is 0. The van der Waals surface area contributed by atoms with Crippen LogP contribution in [0.4, 0.5) is 0 Å². The van der Waals surface area contributed by atoms with E-state index in [0.29, 0.717) is 18.4 Å². The fraction of sp³-hybridized carbons (Fsp3) is 0.588. The molecular weight excluding hydrogens is 389 g/mol. The topological polar surface area (TPSA) is 50.9 Å². The van der Waals surface area contributed by atoms with Gasteiger partial charge >= 0.3 is 0 Å². The highest BCUT2D eigenvalue weighted by Gasteiger charge is 2.12. The predicted molar refractivity (Wildman–Crippen MR) is 103 cm³/mol. The smallest absolute Gasteiger partial charge is 0.191 e. The van der Waals surface area contributed by atoms with Crippen molar-refractivity contribution in [3.05, 3.63) is 29.8 Å². The van der Waals surface area contributed by atoms with Gasteiger partial charge in [-0.3, -0.25) is 0 Å². The molecule has 0 aromatic heterocycles. The molecule has 0 aliphatic carbocycles. The third-order valence-corrected chi connectivity index (χ3v) is 3.64. The molecule has 0 bridgehead atoms. The van der Waals surface area contributed by atoms with Gasteiger partial charge in [0.2, 0.25) is 0 Å². The number of halogens is 1. The van der Waals surface area contributed by atoms with Crippen LogP contribution in [-0.2, 0) is 6.54 Å². The average molecular weight is 417 g/mol. The molecule has 124 valence electrons. The molecule has 1 saturated heterocycles. The Labute approximate surface area is 151 Å². The van der Waals surface area contributed by atoms with Gasteiger partial charge in [0, 0.05) is 18.7 Å². The zero-order chi connectivity index (χ0) is 15.1. The molecule has 0 amide bonds. The van der Waals surface area contributed by atoms with Crippen molar-refractivity contribution >= 4 is 29.9 Å². The van der Waals surface area contributed by atoms with Crippen molar-refractivity contribution in [1.29, 1.82) is 0 Å². The van der Waals surface area contributed by atoms with Gasteiger partial charge in [0.25, 0.3) is 0 Å². The minimum atomic E-state index is 0. The molecule has 5 heteroatoms. The summed E-state index contributed by atoms with van der Waals surface area (Å²) >= 11 is 0. The van der Waals surface area contributed by atoms with Crippen LogP contribution in [0.2, 0.25) is 0 Å². The third kappa shape index (κ3) is 6.02. The van der Waals surface area contributed by atoms with E-state index in [0.717, 1.165) is 31.0 Å². The summed E-state index contributed by atoms with van der Waals surface area (Å²) in [6.45, 7) is 7.66. The molecule has 2 rings (SSSR count). The number of nitrogens with zero attached hydrogens (tertiary/aromatic N) is 2. The van der Waals surface area contributed by atoms with E-state index in [4.69, 9.17) is 10.5 Å². The molecular formula is C17H28IN3O. The standard InChI is InChI=1S/C17H27N3O.HI/c1-14(2)13-21-16-9-5-4-8-15(16)12-19-17(18)20-10-6-3-7-11-20;/h4-5,8-9,14H,3,6-7,10-13H2,1-2H3,(H2,18,19);1H. The quantitative estimate of drug-likeness (QED) is 0.452. The predicted octanol–water partition coefficient (Wildman–Crippen LogP) is 3.64. The molecule has 22 heavy (non-hydrogen) atoms. The molecule has 1 aliphatic rings. The van der Waals surface area contributed by atoms with Crippen LogP contribution < -0.4 is 10.5 Å². The van der Waals surface area contributed by atoms with E-state index >= 15 is 0 Å². The number of piperidine rings is 1. The number of guanidine groups is 1. The van der Waals surface area contributed by atoms with Gasteiger partial charge in [0.1, 0.15) is 5.75 Å². The second kappa shape index (κ2) is 9.92. The molecule has 2 N–H and O–H groups in total. The Balaban J connectivity index is 0.00000242. The lowest BCUT2D eigenvalue weighted by Crippen LogP contribution is -2.40. The number of para-hydroxylation sites is 1. The lowest BCUT2D eigenvalue weighted by atomic mass is 10.1. The summed E-state index contributed by atoms with van der Waals surface area (Å²) in [5.41, 5.74) is 7.20. The first-order chi connectivity index (χ1) is 10.2. The summed E-state index contributed by atoms with van der Waals surface area (Å²) in [5, 5.41) is 0. The Kier molecular flexibility index (Phi) is 8.60. The van der Waals surface area contributed by atoms with E-state index in [1.54, 1.807) is 0 Å². The zero-order valence-electron chi connectivity index (χ0n) is 13.6. The number of benzene rings is 1. The van der Waals surface area contributed by atoms with Crippen LogP contribution in [0.15, 0.2) is 29.3 Å². The summed E-state index contributed by atoms with van der Waals surface area (Å²) in [5.74, 6) is 2.09. The maximum atomic E-state index is 6.10. The summed E-state index contributed by atoms with van der Waals surface area (Å²) in [6.07, 6.45) is 3.73. The Morgan fingerprint density at radius 2 is 1.91 bits per heavy atom. The second-order valence-electron chi connectivity index (χ2n) is 6.03. The highest BCUT2D eigenvalue weighted by Crippen LogP contribution is 2.20. The number of ether oxygens (including phenoxy) is 1. The van der Waals surface area contributed by atoms with Crippen molar-refractivity contribution < 1.29 is 4.74 Å². The summed E-state index contributed by atoms with van der Waals surface area (Å²) in [6, 6.07) is 8.08. The zero-order valence-corrected chi connectivity index (χ0v) is 16.0. The normalized spacial score (nSPS) is 15.6. The lowest BCUT2D eigenvalue weighted by Gasteiger charge is -2.27. The Bertz CT molecular complexity index is 471. The van der Waals surface area contributed by atoms with Crippen LogP contribution in [0.5, 0.6) is 5.75 Å². The number of hydrogen-bond acceptors (Lipinski definition) is 2. The minimum Gasteiger partial charge on any atom is -0.493 e. The first kappa shape index (κ1) is 19.1. The highest BCUT2D eigenvalue weighted by atomic mass is 127. The molecule has 1 aromatic rings. The molecule has 1 heterocycles. The van der Waals surface area contributed by atoms with Gasteiger partial charge in [-0.15, -0.1) is 24.0 Å². The first-order valence-corrected chi connectivity index (χ1v) is 7.92. The second-order valence-corrected chi connectivity index (χ2v) is 6.03. The Morgan fingerprint density at radius 1 is 1.23 bits per heavy atom. The van der Waals surface area contributed by atoms with Crippen LogP contribution in [0.25, 0.3) is 0 Å². The fourth-order valence-electron chi connectivity index (χ4n) is 2.42. The summed E-state index contributed by atoms with van der Waals surface area (Å²) < 4.78 is 5.85. The van der Waals surface area contributed by atoms with Gasteiger partial charge in [-0.05, 0) is 31.2 Å². The molecule has 1 fully saturated rings. The highest BCUT2D eigenvalue weighted by molar-refractivity contribution is 14.0. The number of rotatable bonds is 5. The molecule has 0 spiro atoms. The number of likely N-dealkylation sites (tertiary alicyclic amines) is 1. The van der Waals surface area contributed by atoms with Crippen LogP contribution in [-0.4, -0.2) is 30.6 Å². The van der Waals surface area contributed by atoms with Gasteiger partial charge in [0.05, 0.1) is 13.2 Å². The Hall–Kier alpha value is -0.980. The molecule has 1 aromatic carbocycles. The molecule has 4 nitrogen and oxygen atoms in total. The van der Waals surface area contributed by atoms with E-state index in [1.807, 2.05) is 18.2 Å². The van der Waals surface area contributed by atoms with Crippen molar-refractivity contribution in [3.63, 3.8) is 0 Å². The number of aliphatic imine (C=N–C) groups is 1. The van der Waals surface area contributed by atoms with Gasteiger partial charge in [-0.2, -0.15) is 0 Å². The Morgan fingerprint density at radius 3 is 2.59 bits per heavy atom. The van der Waals surface area contributed by atoms with Crippen LogP contribution in [0.1, 0.15) is 38.7 Å². The lowest BCUT2D eigenvalue weighted by molar-refractivity contribution is 0.268. The number of nitrogens with two attached hydrogens (primary N) is 1. The van der Waals surface area contributed by atoms with Gasteiger partial charge in [0.15, 0.2) is 5.96 Å². The van der Waals surface area contributed by atoms with Crippen LogP contribution in [0, 0.1) is 5.92 Å². The van der Waals surface area contributed by atoms with Crippen molar-refractivity contribution in [1.82, 2.24) is 4.90 Å². The van der Waals surface area contributed by atoms with Crippen molar-refractivity contribution in [2.45, 2.75) is 39.7 Å². The van der Waals surface area contributed by atoms with E-state index in [1.165, 1.54) is 19.3 Å². The van der Waals surface area contributed by atoms with E-state index in [9.17, 15) is 0 Å². The molecule has 0 atom stereocenters. The van der Waals surface area contributed by atoms with Gasteiger partial charge in [-0.25, -0.2) is 4.99 Å². The maximum Gasteiger partial charge on any atom is 0.191 e. The van der Waals surface area contributed by atoms with Crippen molar-refractivity contribution in [3.8, 4) is 5.75 Å². The van der Waals surface area contributed by atoms with Crippen molar-refractivity contribution in [2.24, 2.45) is 16.6 Å². The summed E-state index contributed by atoms with van der Waals surface area (Å²) in [4.78, 5) is 6.73. The van der Waals surface area contributed by atoms with E-state index in [2.05, 4.69) is 29.8 Å². The first-order valence-electron chi connectivity index (χ1n) is 7.92. The van der Waals surface area contributed by atoms with Gasteiger partial charge in [-0.1, -0.05) is 32.0 Å². The van der Waals surface area contributed by atoms with Crippen LogP contribution in [0.3, 0.4) is 0 Å². The summed E-state index contributed by atoms with van der Waals surface area (Å²) in [7, 11) is 0. The molecule has 0 saturated carbocycles. The largest absolute Gasteiger partial charge is 0.493 e. The van der Waals surface area contributed by atoms with E-state index < -0.39 is 0 Å². The number of hydrogen-bond donors (Lipinski definition) is 1. The molecule has 0 unspecified atom stereocenters. The molecule has 1 aliphatic heterocycles. The molecule has 0 radical (unpaired) electrons. The fourth-order valence-corrected chi connectivity index (χ4v) is 2.42. The van der Waals surface area contributed by atoms with Crippen LogP contribution >= 0.6 is 24.0 Å². The monoisotopic (exact) mass is 417 g/mol. The van der Waals surface area contributed by atoms with Gasteiger partial charge < -0.3 is 15.4 Å². The van der Waals surface area contributed by atoms with E-state index in [-0.39, 0.29) is 24.0 Å². The van der Waals surface area contributed by atoms with Crippen molar-refractivity contribution in [2.75, 3.05) is 19.7 Å². The SMILES string of the molecule is CC(C)COc1ccccc1CN=C(N)N1CCCCC1.I.